The summed E-state index contributed by atoms with van der Waals surface area (Å²) in [6, 6.07) is 21.7. The van der Waals surface area contributed by atoms with Crippen LogP contribution in [0.25, 0.3) is 0 Å². The van der Waals surface area contributed by atoms with Crippen molar-refractivity contribution in [3.63, 3.8) is 0 Å². The van der Waals surface area contributed by atoms with Gasteiger partial charge in [0.25, 0.3) is 0 Å². The zero-order chi connectivity index (χ0) is 20.2. The molecule has 29 heavy (non-hydrogen) atoms. The van der Waals surface area contributed by atoms with Crippen LogP contribution in [0.3, 0.4) is 0 Å². The molecule has 0 saturated heterocycles. The van der Waals surface area contributed by atoms with Crippen LogP contribution in [0.2, 0.25) is 0 Å². The minimum absolute atomic E-state index is 0.0782. The van der Waals surface area contributed by atoms with Crippen LogP contribution in [0.4, 0.5) is 5.69 Å². The van der Waals surface area contributed by atoms with Crippen LogP contribution in [-0.4, -0.2) is 25.4 Å². The first kappa shape index (κ1) is 18.7. The molecule has 3 aromatic carbocycles. The number of ketones is 1. The van der Waals surface area contributed by atoms with E-state index in [1.807, 2.05) is 36.4 Å². The molecule has 146 valence electrons. The Hall–Kier alpha value is -3.60. The second kappa shape index (κ2) is 8.19. The SMILES string of the molecule is COc1ccc2c(c1)OCC(C(=O)Nc1cccc(C(=O)c3ccccc3)c1)C2. The molecule has 1 amide bonds. The topological polar surface area (TPSA) is 64.6 Å². The summed E-state index contributed by atoms with van der Waals surface area (Å²) in [5, 5.41) is 2.92. The van der Waals surface area contributed by atoms with Crippen LogP contribution < -0.4 is 14.8 Å². The molecule has 1 unspecified atom stereocenters. The number of carbonyl (C=O) groups excluding carboxylic acids is 2. The summed E-state index contributed by atoms with van der Waals surface area (Å²) in [5.41, 5.74) is 2.72. The van der Waals surface area contributed by atoms with Crippen LogP contribution >= 0.6 is 0 Å². The molecule has 1 heterocycles. The number of amides is 1. The fourth-order valence-electron chi connectivity index (χ4n) is 3.39. The van der Waals surface area contributed by atoms with Crippen molar-refractivity contribution < 1.29 is 19.1 Å². The summed E-state index contributed by atoms with van der Waals surface area (Å²) in [7, 11) is 1.61. The van der Waals surface area contributed by atoms with Gasteiger partial charge in [0.1, 0.15) is 18.1 Å². The van der Waals surface area contributed by atoms with E-state index in [9.17, 15) is 9.59 Å². The molecule has 1 N–H and O–H groups in total. The van der Waals surface area contributed by atoms with E-state index in [4.69, 9.17) is 9.47 Å². The standard InChI is InChI=1S/C24H21NO4/c1-28-21-11-10-17-12-19(15-29-22(17)14-21)24(27)25-20-9-5-8-18(13-20)23(26)16-6-3-2-4-7-16/h2-11,13-14,19H,12,15H2,1H3,(H,25,27). The van der Waals surface area contributed by atoms with Gasteiger partial charge in [-0.05, 0) is 30.2 Å². The summed E-state index contributed by atoms with van der Waals surface area (Å²) in [6.07, 6.45) is 0.591. The Labute approximate surface area is 169 Å². The number of methoxy groups -OCH3 is 1. The highest BCUT2D eigenvalue weighted by molar-refractivity contribution is 6.09. The molecule has 5 nitrogen and oxygen atoms in total. The molecule has 0 spiro atoms. The van der Waals surface area contributed by atoms with E-state index in [1.54, 1.807) is 43.5 Å². The molecular weight excluding hydrogens is 366 g/mol. The van der Waals surface area contributed by atoms with E-state index in [2.05, 4.69) is 5.32 Å². The van der Waals surface area contributed by atoms with E-state index in [0.717, 1.165) is 17.1 Å². The predicted octanol–water partition coefficient (Wildman–Crippen LogP) is 4.12. The number of ether oxygens (including phenoxy) is 2. The van der Waals surface area contributed by atoms with Crippen molar-refractivity contribution in [2.45, 2.75) is 6.42 Å². The zero-order valence-corrected chi connectivity index (χ0v) is 16.1. The lowest BCUT2D eigenvalue weighted by Gasteiger charge is -2.25. The normalized spacial score (nSPS) is 15.0. The Morgan fingerprint density at radius 1 is 0.966 bits per heavy atom. The number of carbonyl (C=O) groups is 2. The molecule has 0 saturated carbocycles. The van der Waals surface area contributed by atoms with Crippen molar-refractivity contribution in [1.29, 1.82) is 0 Å². The fraction of sp³-hybridized carbons (Fsp3) is 0.167. The Morgan fingerprint density at radius 3 is 2.55 bits per heavy atom. The van der Waals surface area contributed by atoms with E-state index in [-0.39, 0.29) is 17.6 Å². The summed E-state index contributed by atoms with van der Waals surface area (Å²) in [6.45, 7) is 0.300. The van der Waals surface area contributed by atoms with Gasteiger partial charge in [0, 0.05) is 22.9 Å². The van der Waals surface area contributed by atoms with Gasteiger partial charge < -0.3 is 14.8 Å². The zero-order valence-electron chi connectivity index (χ0n) is 16.1. The Balaban J connectivity index is 1.45. The largest absolute Gasteiger partial charge is 0.497 e. The summed E-state index contributed by atoms with van der Waals surface area (Å²) >= 11 is 0. The lowest BCUT2D eigenvalue weighted by atomic mass is 9.95. The maximum atomic E-state index is 12.8. The third-order valence-corrected chi connectivity index (χ3v) is 4.98. The van der Waals surface area contributed by atoms with Crippen molar-refractivity contribution in [1.82, 2.24) is 0 Å². The van der Waals surface area contributed by atoms with Crippen molar-refractivity contribution in [2.24, 2.45) is 5.92 Å². The monoisotopic (exact) mass is 387 g/mol. The molecule has 0 radical (unpaired) electrons. The highest BCUT2D eigenvalue weighted by atomic mass is 16.5. The minimum Gasteiger partial charge on any atom is -0.497 e. The van der Waals surface area contributed by atoms with Gasteiger partial charge in [-0.15, -0.1) is 0 Å². The van der Waals surface area contributed by atoms with Crippen molar-refractivity contribution >= 4 is 17.4 Å². The molecule has 5 heteroatoms. The molecule has 0 aromatic heterocycles. The maximum Gasteiger partial charge on any atom is 0.231 e. The summed E-state index contributed by atoms with van der Waals surface area (Å²) < 4.78 is 11.0. The average molecular weight is 387 g/mol. The lowest BCUT2D eigenvalue weighted by Crippen LogP contribution is -2.32. The van der Waals surface area contributed by atoms with Crippen LogP contribution in [0, 0.1) is 5.92 Å². The van der Waals surface area contributed by atoms with E-state index in [0.29, 0.717) is 29.8 Å². The van der Waals surface area contributed by atoms with Gasteiger partial charge in [-0.2, -0.15) is 0 Å². The smallest absolute Gasteiger partial charge is 0.231 e. The highest BCUT2D eigenvalue weighted by Gasteiger charge is 2.26. The van der Waals surface area contributed by atoms with E-state index >= 15 is 0 Å². The number of hydrogen-bond donors (Lipinski definition) is 1. The molecule has 3 aromatic rings. The first-order valence-electron chi connectivity index (χ1n) is 9.44. The molecule has 1 aliphatic heterocycles. The summed E-state index contributed by atoms with van der Waals surface area (Å²) in [4.78, 5) is 25.4. The summed E-state index contributed by atoms with van der Waals surface area (Å²) in [5.74, 6) is 0.973. The quantitative estimate of drug-likeness (QED) is 0.669. The molecule has 0 fully saturated rings. The lowest BCUT2D eigenvalue weighted by molar-refractivity contribution is -0.121. The maximum absolute atomic E-state index is 12.8. The Kier molecular flexibility index (Phi) is 5.29. The number of nitrogens with one attached hydrogen (secondary N) is 1. The van der Waals surface area contributed by atoms with Gasteiger partial charge in [0.05, 0.1) is 13.0 Å². The van der Waals surface area contributed by atoms with Gasteiger partial charge >= 0.3 is 0 Å². The van der Waals surface area contributed by atoms with Crippen LogP contribution in [-0.2, 0) is 11.2 Å². The second-order valence-electron chi connectivity index (χ2n) is 6.95. The molecular formula is C24H21NO4. The van der Waals surface area contributed by atoms with Gasteiger partial charge in [0.15, 0.2) is 5.78 Å². The third kappa shape index (κ3) is 4.14. The second-order valence-corrected chi connectivity index (χ2v) is 6.95. The Bertz CT molecular complexity index is 1050. The number of hydrogen-bond acceptors (Lipinski definition) is 4. The van der Waals surface area contributed by atoms with Crippen LogP contribution in [0.15, 0.2) is 72.8 Å². The molecule has 4 rings (SSSR count). The molecule has 0 aliphatic carbocycles. The minimum atomic E-state index is -0.302. The third-order valence-electron chi connectivity index (χ3n) is 4.98. The van der Waals surface area contributed by atoms with Crippen LogP contribution in [0.5, 0.6) is 11.5 Å². The van der Waals surface area contributed by atoms with E-state index < -0.39 is 0 Å². The molecule has 1 aliphatic rings. The first-order valence-corrected chi connectivity index (χ1v) is 9.44. The number of benzene rings is 3. The van der Waals surface area contributed by atoms with Gasteiger partial charge in [-0.3, -0.25) is 9.59 Å². The molecule has 1 atom stereocenters. The predicted molar refractivity (Wildman–Crippen MR) is 111 cm³/mol. The fourth-order valence-corrected chi connectivity index (χ4v) is 3.39. The van der Waals surface area contributed by atoms with Crippen LogP contribution in [0.1, 0.15) is 21.5 Å². The van der Waals surface area contributed by atoms with Gasteiger partial charge in [0.2, 0.25) is 5.91 Å². The van der Waals surface area contributed by atoms with Crippen molar-refractivity contribution in [3.05, 3.63) is 89.5 Å². The first-order chi connectivity index (χ1) is 14.1. The van der Waals surface area contributed by atoms with E-state index in [1.165, 1.54) is 0 Å². The number of rotatable bonds is 5. The highest BCUT2D eigenvalue weighted by Crippen LogP contribution is 2.31. The van der Waals surface area contributed by atoms with Crippen molar-refractivity contribution in [2.75, 3.05) is 19.0 Å². The van der Waals surface area contributed by atoms with Gasteiger partial charge in [-0.1, -0.05) is 48.5 Å². The number of anilines is 1. The molecule has 0 bridgehead atoms. The average Bonchev–Trinajstić information content (AvgIpc) is 2.78. The van der Waals surface area contributed by atoms with Gasteiger partial charge in [-0.25, -0.2) is 0 Å². The number of fused-ring (bicyclic) bond motifs is 1. The van der Waals surface area contributed by atoms with Crippen molar-refractivity contribution in [3.8, 4) is 11.5 Å². The Morgan fingerprint density at radius 2 is 1.76 bits per heavy atom.